The molecule has 0 rings (SSSR count). The molecule has 9 heteroatoms. The van der Waals surface area contributed by atoms with Gasteiger partial charge in [0.15, 0.2) is 12.6 Å². The molecule has 0 saturated heterocycles. The van der Waals surface area contributed by atoms with E-state index in [9.17, 15) is 13.2 Å². The molecule has 0 unspecified atom stereocenters. The van der Waals surface area contributed by atoms with Crippen LogP contribution in [0.15, 0.2) is 4.99 Å². The first kappa shape index (κ1) is 18.2. The third-order valence-corrected chi connectivity index (χ3v) is 1.51. The quantitative estimate of drug-likeness (QED) is 0.263. The summed E-state index contributed by atoms with van der Waals surface area (Å²) in [5, 5.41) is 11.5. The molecule has 0 amide bonds. The molecule has 0 aliphatic carbocycles. The van der Waals surface area contributed by atoms with Crippen LogP contribution in [0.2, 0.25) is 0 Å². The topological polar surface area (TPSA) is 86.3 Å². The van der Waals surface area contributed by atoms with Gasteiger partial charge in [-0.3, -0.25) is 10.7 Å². The zero-order valence-corrected chi connectivity index (χ0v) is 10.2. The normalized spacial score (nSPS) is 11.6. The number of nitrogens with zero attached hydrogens (tertiary/aromatic N) is 1. The molecule has 0 aliphatic rings. The number of unbranched alkanes of at least 4 members (excludes halogenated alkanes) is 1. The van der Waals surface area contributed by atoms with Crippen LogP contribution in [0, 0.1) is 5.41 Å². The lowest BCUT2D eigenvalue weighted by molar-refractivity contribution is -0.0135. The highest BCUT2D eigenvalue weighted by Gasteiger charge is 2.28. The van der Waals surface area contributed by atoms with Gasteiger partial charge >= 0.3 is 6.05 Å². The van der Waals surface area contributed by atoms with Gasteiger partial charge in [-0.25, -0.2) is 4.39 Å². The van der Waals surface area contributed by atoms with E-state index in [0.717, 1.165) is 12.8 Å². The zero-order valence-electron chi connectivity index (χ0n) is 9.40. The lowest BCUT2D eigenvalue weighted by Gasteiger charge is -2.13. The lowest BCUT2D eigenvalue weighted by atomic mass is 10.3. The summed E-state index contributed by atoms with van der Waals surface area (Å²) in [4.78, 5) is 2.80. The Morgan fingerprint density at radius 2 is 2.06 bits per heavy atom. The van der Waals surface area contributed by atoms with E-state index in [-0.39, 0.29) is 12.4 Å². The Hall–Kier alpha value is -1.18. The fourth-order valence-corrected chi connectivity index (χ4v) is 0.816. The molecule has 0 aliphatic heterocycles. The molecule has 5 N–H and O–H groups in total. The summed E-state index contributed by atoms with van der Waals surface area (Å²) in [6.07, 6.45) is 1.60. The average molecular weight is 276 g/mol. The third-order valence-electron chi connectivity index (χ3n) is 1.51. The van der Waals surface area contributed by atoms with E-state index in [1.807, 2.05) is 6.92 Å². The highest BCUT2D eigenvalue weighted by molar-refractivity contribution is 5.96. The number of guanidine groups is 2. The van der Waals surface area contributed by atoms with Crippen molar-refractivity contribution in [3.8, 4) is 0 Å². The molecule has 0 aromatic carbocycles. The first-order valence-corrected chi connectivity index (χ1v) is 4.80. The molecule has 0 aromatic heterocycles. The van der Waals surface area contributed by atoms with E-state index in [0.29, 0.717) is 6.54 Å². The number of hydrogen-bond donors (Lipinski definition) is 4. The van der Waals surface area contributed by atoms with Crippen LogP contribution in [0.1, 0.15) is 19.8 Å². The smallest absolute Gasteiger partial charge is 0.370 e. The number of alkyl halides is 3. The largest absolute Gasteiger partial charge is 0.373 e. The van der Waals surface area contributed by atoms with E-state index in [1.165, 1.54) is 0 Å². The maximum absolute atomic E-state index is 12.6. The summed E-state index contributed by atoms with van der Waals surface area (Å²) in [6.45, 7) is 0.413. The van der Waals surface area contributed by atoms with Crippen LogP contribution in [0.25, 0.3) is 0 Å². The summed E-state index contributed by atoms with van der Waals surface area (Å²) in [5.74, 6) is -0.944. The SMILES string of the molecule is CCCCN/C(=N/C(F)(F)CF)NC(=N)N.Cl. The van der Waals surface area contributed by atoms with Gasteiger partial charge in [0, 0.05) is 6.54 Å². The van der Waals surface area contributed by atoms with Gasteiger partial charge in [-0.05, 0) is 6.42 Å². The monoisotopic (exact) mass is 275 g/mol. The molecule has 0 aromatic rings. The molecule has 0 atom stereocenters. The average Bonchev–Trinajstić information content (AvgIpc) is 2.16. The zero-order chi connectivity index (χ0) is 12.6. The van der Waals surface area contributed by atoms with Gasteiger partial charge < -0.3 is 11.1 Å². The van der Waals surface area contributed by atoms with Gasteiger partial charge in [0.2, 0.25) is 5.96 Å². The lowest BCUT2D eigenvalue weighted by Crippen LogP contribution is -2.45. The molecule has 17 heavy (non-hydrogen) atoms. The van der Waals surface area contributed by atoms with Crippen LogP contribution in [0.5, 0.6) is 0 Å². The van der Waals surface area contributed by atoms with Crippen molar-refractivity contribution in [3.05, 3.63) is 0 Å². The predicted molar refractivity (Wildman–Crippen MR) is 63.6 cm³/mol. The number of nitrogens with one attached hydrogen (secondary N) is 3. The molecular weight excluding hydrogens is 259 g/mol. The maximum atomic E-state index is 12.6. The molecule has 0 radical (unpaired) electrons. The fourth-order valence-electron chi connectivity index (χ4n) is 0.816. The molecule has 0 fully saturated rings. The minimum Gasteiger partial charge on any atom is -0.370 e. The van der Waals surface area contributed by atoms with E-state index in [4.69, 9.17) is 11.1 Å². The van der Waals surface area contributed by atoms with Crippen molar-refractivity contribution in [1.29, 1.82) is 5.41 Å². The molecule has 0 saturated carbocycles. The summed E-state index contributed by atoms with van der Waals surface area (Å²) < 4.78 is 37.1. The molecule has 5 nitrogen and oxygen atoms in total. The van der Waals surface area contributed by atoms with Gasteiger partial charge in [0.1, 0.15) is 0 Å². The Morgan fingerprint density at radius 1 is 1.47 bits per heavy atom. The number of rotatable bonds is 5. The second-order valence-electron chi connectivity index (χ2n) is 3.08. The van der Waals surface area contributed by atoms with E-state index in [1.54, 1.807) is 0 Å². The summed E-state index contributed by atoms with van der Waals surface area (Å²) in [6, 6.07) is -3.81. The molecular formula is C8H17ClF3N5. The first-order chi connectivity index (χ1) is 7.41. The minimum atomic E-state index is -3.81. The van der Waals surface area contributed by atoms with Crippen LogP contribution in [0.4, 0.5) is 13.2 Å². The summed E-state index contributed by atoms with van der Waals surface area (Å²) >= 11 is 0. The Morgan fingerprint density at radius 3 is 2.47 bits per heavy atom. The third kappa shape index (κ3) is 9.73. The molecule has 0 spiro atoms. The fraction of sp³-hybridized carbons (Fsp3) is 0.750. The van der Waals surface area contributed by atoms with Crippen molar-refractivity contribution in [2.45, 2.75) is 25.8 Å². The van der Waals surface area contributed by atoms with E-state index in [2.05, 4.69) is 15.6 Å². The highest BCUT2D eigenvalue weighted by atomic mass is 35.5. The molecule has 102 valence electrons. The van der Waals surface area contributed by atoms with Crippen molar-refractivity contribution in [2.24, 2.45) is 10.7 Å². The van der Waals surface area contributed by atoms with Crippen LogP contribution in [-0.2, 0) is 0 Å². The molecule has 0 bridgehead atoms. The first-order valence-electron chi connectivity index (χ1n) is 4.80. The van der Waals surface area contributed by atoms with Crippen molar-refractivity contribution in [1.82, 2.24) is 10.6 Å². The summed E-state index contributed by atoms with van der Waals surface area (Å²) in [5.41, 5.74) is 4.97. The maximum Gasteiger partial charge on any atom is 0.373 e. The Kier molecular flexibility index (Phi) is 9.54. The van der Waals surface area contributed by atoms with Gasteiger partial charge in [-0.15, -0.1) is 12.4 Å². The standard InChI is InChI=1S/C8H16F3N5.ClH/c1-2-3-4-14-7(15-6(12)13)16-8(10,11)5-9;/h2-5H2,1H3,(H5,12,13,14,15,16);1H. The van der Waals surface area contributed by atoms with Crippen LogP contribution >= 0.6 is 12.4 Å². The number of aliphatic imine (C=N–C) groups is 1. The van der Waals surface area contributed by atoms with Crippen molar-refractivity contribution in [3.63, 3.8) is 0 Å². The minimum absolute atomic E-state index is 0. The van der Waals surface area contributed by atoms with Crippen LogP contribution in [0.3, 0.4) is 0 Å². The summed E-state index contributed by atoms with van der Waals surface area (Å²) in [7, 11) is 0. The van der Waals surface area contributed by atoms with Gasteiger partial charge in [-0.1, -0.05) is 13.3 Å². The Labute approximate surface area is 104 Å². The van der Waals surface area contributed by atoms with Crippen molar-refractivity contribution < 1.29 is 13.2 Å². The van der Waals surface area contributed by atoms with Crippen LogP contribution in [-0.4, -0.2) is 31.2 Å². The predicted octanol–water partition coefficient (Wildman–Crippen LogP) is 1.20. The Bertz CT molecular complexity index is 260. The van der Waals surface area contributed by atoms with Crippen molar-refractivity contribution in [2.75, 3.05) is 13.2 Å². The highest BCUT2D eigenvalue weighted by Crippen LogP contribution is 2.14. The second-order valence-corrected chi connectivity index (χ2v) is 3.08. The second kappa shape index (κ2) is 8.91. The van der Waals surface area contributed by atoms with E-state index < -0.39 is 24.6 Å². The van der Waals surface area contributed by atoms with Gasteiger partial charge in [-0.2, -0.15) is 13.8 Å². The Balaban J connectivity index is 0. The number of hydrogen-bond acceptors (Lipinski definition) is 2. The molecule has 0 heterocycles. The van der Waals surface area contributed by atoms with Crippen LogP contribution < -0.4 is 16.4 Å². The van der Waals surface area contributed by atoms with Gasteiger partial charge in [0.25, 0.3) is 0 Å². The number of nitrogens with two attached hydrogens (primary N) is 1. The van der Waals surface area contributed by atoms with Gasteiger partial charge in [0.05, 0.1) is 0 Å². The van der Waals surface area contributed by atoms with Crippen molar-refractivity contribution >= 4 is 24.3 Å². The number of halogens is 4. The van der Waals surface area contributed by atoms with E-state index >= 15 is 0 Å².